The Labute approximate surface area is 187 Å². The number of pyridine rings is 2. The van der Waals surface area contributed by atoms with Gasteiger partial charge in [0.2, 0.25) is 5.91 Å². The summed E-state index contributed by atoms with van der Waals surface area (Å²) < 4.78 is 2.00. The van der Waals surface area contributed by atoms with Crippen molar-refractivity contribution in [2.24, 2.45) is 7.05 Å². The van der Waals surface area contributed by atoms with Gasteiger partial charge >= 0.3 is 0 Å². The van der Waals surface area contributed by atoms with Crippen LogP contribution in [-0.2, 0) is 11.8 Å². The van der Waals surface area contributed by atoms with Crippen molar-refractivity contribution in [3.63, 3.8) is 0 Å². The zero-order valence-corrected chi connectivity index (χ0v) is 18.5. The van der Waals surface area contributed by atoms with Crippen LogP contribution < -0.4 is 4.90 Å². The monoisotopic (exact) mass is 426 g/mol. The second-order valence-electron chi connectivity index (χ2n) is 8.58. The first kappa shape index (κ1) is 20.4. The maximum absolute atomic E-state index is 12.1. The average molecular weight is 427 g/mol. The molecule has 1 aliphatic heterocycles. The maximum Gasteiger partial charge on any atom is 0.227 e. The van der Waals surface area contributed by atoms with Gasteiger partial charge in [0.25, 0.3) is 0 Å². The molecule has 6 heteroatoms. The molecule has 0 aliphatic carbocycles. The lowest BCUT2D eigenvalue weighted by molar-refractivity contribution is -0.117. The molecule has 1 saturated heterocycles. The summed E-state index contributed by atoms with van der Waals surface area (Å²) in [5, 5.41) is 11.0. The Balaban J connectivity index is 1.56. The first-order valence-corrected chi connectivity index (χ1v) is 10.9. The third kappa shape index (κ3) is 3.46. The van der Waals surface area contributed by atoms with Crippen molar-refractivity contribution < 1.29 is 9.90 Å². The minimum atomic E-state index is -0.576. The van der Waals surface area contributed by atoms with E-state index in [2.05, 4.69) is 41.3 Å². The third-order valence-corrected chi connectivity index (χ3v) is 6.27. The number of carbonyl (C=O) groups is 1. The molecule has 0 spiro atoms. The van der Waals surface area contributed by atoms with Crippen molar-refractivity contribution >= 4 is 22.6 Å². The van der Waals surface area contributed by atoms with Crippen LogP contribution in [0.2, 0.25) is 0 Å². The number of aromatic nitrogens is 3. The number of benzene rings is 1. The van der Waals surface area contributed by atoms with Gasteiger partial charge < -0.3 is 14.6 Å². The number of nitrogens with zero attached hydrogens (tertiary/aromatic N) is 4. The summed E-state index contributed by atoms with van der Waals surface area (Å²) in [6, 6.07) is 10.3. The Morgan fingerprint density at radius 3 is 2.53 bits per heavy atom. The predicted molar refractivity (Wildman–Crippen MR) is 126 cm³/mol. The molecule has 0 saturated carbocycles. The van der Waals surface area contributed by atoms with Crippen LogP contribution in [0.25, 0.3) is 33.3 Å². The molecule has 4 aromatic rings. The standard InChI is InChI=1S/C26H26N4O2/c1-16-9-21(30-8-4-5-25(30)32)6-7-22(16)19-10-20(13-27-12-19)24-15-29(3)26-23(24)11-18(14-28-26)17(2)31/h6-7,9-15,17,31H,4-5,8H2,1-3H3. The molecule has 1 aromatic carbocycles. The van der Waals surface area contributed by atoms with E-state index in [4.69, 9.17) is 0 Å². The molecule has 0 radical (unpaired) electrons. The van der Waals surface area contributed by atoms with Gasteiger partial charge in [-0.1, -0.05) is 6.07 Å². The first-order valence-electron chi connectivity index (χ1n) is 10.9. The number of aliphatic hydroxyl groups is 1. The molecule has 4 heterocycles. The number of aliphatic hydroxyl groups excluding tert-OH is 1. The Kier molecular flexibility index (Phi) is 5.02. The molecule has 1 N–H and O–H groups in total. The van der Waals surface area contributed by atoms with Gasteiger partial charge in [0, 0.05) is 72.6 Å². The van der Waals surface area contributed by atoms with Crippen molar-refractivity contribution in [2.45, 2.75) is 32.8 Å². The van der Waals surface area contributed by atoms with Gasteiger partial charge in [0.15, 0.2) is 0 Å². The Bertz CT molecular complexity index is 1340. The van der Waals surface area contributed by atoms with Crippen LogP contribution >= 0.6 is 0 Å². The van der Waals surface area contributed by atoms with Crippen LogP contribution in [0, 0.1) is 6.92 Å². The molecule has 3 aromatic heterocycles. The molecule has 0 bridgehead atoms. The number of rotatable bonds is 4. The van der Waals surface area contributed by atoms with E-state index in [1.165, 1.54) is 0 Å². The van der Waals surface area contributed by atoms with Crippen LogP contribution in [0.1, 0.15) is 37.0 Å². The summed E-state index contributed by atoms with van der Waals surface area (Å²) in [7, 11) is 1.97. The third-order valence-electron chi connectivity index (χ3n) is 6.27. The van der Waals surface area contributed by atoms with Crippen LogP contribution in [0.5, 0.6) is 0 Å². The van der Waals surface area contributed by atoms with E-state index in [1.54, 1.807) is 13.1 Å². The van der Waals surface area contributed by atoms with Gasteiger partial charge in [-0.15, -0.1) is 0 Å². The second-order valence-corrected chi connectivity index (χ2v) is 8.58. The fourth-order valence-electron chi connectivity index (χ4n) is 4.53. The van der Waals surface area contributed by atoms with Gasteiger partial charge in [0.1, 0.15) is 5.65 Å². The Morgan fingerprint density at radius 2 is 1.84 bits per heavy atom. The summed E-state index contributed by atoms with van der Waals surface area (Å²) in [4.78, 5) is 23.0. The maximum atomic E-state index is 12.1. The van der Waals surface area contributed by atoms with Crippen molar-refractivity contribution in [1.82, 2.24) is 14.5 Å². The molecule has 5 rings (SSSR count). The molecular formula is C26H26N4O2. The highest BCUT2D eigenvalue weighted by molar-refractivity contribution is 5.96. The van der Waals surface area contributed by atoms with Crippen LogP contribution in [-0.4, -0.2) is 32.1 Å². The van der Waals surface area contributed by atoms with Crippen molar-refractivity contribution in [2.75, 3.05) is 11.4 Å². The summed E-state index contributed by atoms with van der Waals surface area (Å²) in [5.74, 6) is 0.196. The number of fused-ring (bicyclic) bond motifs is 1. The molecule has 32 heavy (non-hydrogen) atoms. The topological polar surface area (TPSA) is 71.2 Å². The zero-order valence-electron chi connectivity index (χ0n) is 18.5. The van der Waals surface area contributed by atoms with E-state index in [0.717, 1.165) is 63.1 Å². The van der Waals surface area contributed by atoms with Crippen molar-refractivity contribution in [3.8, 4) is 22.3 Å². The van der Waals surface area contributed by atoms with Gasteiger partial charge in [0.05, 0.1) is 6.10 Å². The number of hydrogen-bond acceptors (Lipinski definition) is 4. The quantitative estimate of drug-likeness (QED) is 0.509. The van der Waals surface area contributed by atoms with Crippen LogP contribution in [0.4, 0.5) is 5.69 Å². The largest absolute Gasteiger partial charge is 0.389 e. The minimum absolute atomic E-state index is 0.196. The van der Waals surface area contributed by atoms with Crippen LogP contribution in [0.3, 0.4) is 0 Å². The number of hydrogen-bond donors (Lipinski definition) is 1. The number of carbonyl (C=O) groups excluding carboxylic acids is 1. The highest BCUT2D eigenvalue weighted by Crippen LogP contribution is 2.34. The molecule has 1 atom stereocenters. The van der Waals surface area contributed by atoms with E-state index in [0.29, 0.717) is 6.42 Å². The lowest BCUT2D eigenvalue weighted by Crippen LogP contribution is -2.23. The van der Waals surface area contributed by atoms with Gasteiger partial charge in [-0.05, 0) is 61.2 Å². The van der Waals surface area contributed by atoms with Gasteiger partial charge in [-0.2, -0.15) is 0 Å². The first-order chi connectivity index (χ1) is 15.4. The minimum Gasteiger partial charge on any atom is -0.389 e. The fraction of sp³-hybridized carbons (Fsp3) is 0.269. The molecule has 162 valence electrons. The molecular weight excluding hydrogens is 400 g/mol. The summed E-state index contributed by atoms with van der Waals surface area (Å²) in [6.45, 7) is 4.61. The number of amides is 1. The Hall–Kier alpha value is -3.51. The van der Waals surface area contributed by atoms with E-state index >= 15 is 0 Å². The number of anilines is 1. The van der Waals surface area contributed by atoms with E-state index < -0.39 is 6.10 Å². The summed E-state index contributed by atoms with van der Waals surface area (Å²) in [5.41, 5.74) is 7.87. The molecule has 1 amide bonds. The normalized spacial score (nSPS) is 15.0. The van der Waals surface area contributed by atoms with Gasteiger partial charge in [-0.25, -0.2) is 4.98 Å². The molecule has 6 nitrogen and oxygen atoms in total. The second kappa shape index (κ2) is 7.88. The van der Waals surface area contributed by atoms with Crippen molar-refractivity contribution in [1.29, 1.82) is 0 Å². The van der Waals surface area contributed by atoms with E-state index in [9.17, 15) is 9.90 Å². The summed E-state index contributed by atoms with van der Waals surface area (Å²) >= 11 is 0. The molecule has 1 aliphatic rings. The van der Waals surface area contributed by atoms with Crippen LogP contribution in [0.15, 0.2) is 55.1 Å². The number of aryl methyl sites for hydroxylation is 2. The molecule has 1 fully saturated rings. The summed E-state index contributed by atoms with van der Waals surface area (Å²) in [6.07, 6.45) is 8.48. The fourth-order valence-corrected chi connectivity index (χ4v) is 4.53. The predicted octanol–water partition coefficient (Wildman–Crippen LogP) is 4.79. The average Bonchev–Trinajstić information content (AvgIpc) is 3.36. The molecule has 1 unspecified atom stereocenters. The lowest BCUT2D eigenvalue weighted by atomic mass is 9.98. The SMILES string of the molecule is Cc1cc(N2CCCC2=O)ccc1-c1cncc(-c2cn(C)c3ncc(C(C)O)cc23)c1. The Morgan fingerprint density at radius 1 is 1.06 bits per heavy atom. The van der Waals surface area contributed by atoms with Crippen molar-refractivity contribution in [3.05, 3.63) is 66.2 Å². The van der Waals surface area contributed by atoms with E-state index in [1.807, 2.05) is 41.0 Å². The zero-order chi connectivity index (χ0) is 22.4. The van der Waals surface area contributed by atoms with Gasteiger partial charge in [-0.3, -0.25) is 9.78 Å². The smallest absolute Gasteiger partial charge is 0.227 e. The highest BCUT2D eigenvalue weighted by atomic mass is 16.3. The van der Waals surface area contributed by atoms with E-state index in [-0.39, 0.29) is 5.91 Å². The highest BCUT2D eigenvalue weighted by Gasteiger charge is 2.22. The lowest BCUT2D eigenvalue weighted by Gasteiger charge is -2.18.